The first-order chi connectivity index (χ1) is 12.8. The third kappa shape index (κ3) is 4.60. The molecule has 0 spiro atoms. The van der Waals surface area contributed by atoms with E-state index in [2.05, 4.69) is 15.9 Å². The van der Waals surface area contributed by atoms with Gasteiger partial charge in [0.15, 0.2) is 0 Å². The number of benzene rings is 2. The van der Waals surface area contributed by atoms with Crippen LogP contribution in [0.3, 0.4) is 0 Å². The van der Waals surface area contributed by atoms with Crippen LogP contribution in [-0.2, 0) is 17.4 Å². The molecule has 1 aliphatic heterocycles. The van der Waals surface area contributed by atoms with Crippen LogP contribution in [0.1, 0.15) is 22.1 Å². The number of thioether (sulfide) groups is 1. The molecule has 0 radical (unpaired) electrons. The van der Waals surface area contributed by atoms with Crippen molar-refractivity contribution in [3.8, 4) is 5.75 Å². The average molecular weight is 460 g/mol. The second-order valence-corrected chi connectivity index (χ2v) is 8.17. The van der Waals surface area contributed by atoms with Crippen LogP contribution in [-0.4, -0.2) is 30.2 Å². The summed E-state index contributed by atoms with van der Waals surface area (Å²) >= 11 is 5.09. The summed E-state index contributed by atoms with van der Waals surface area (Å²) in [6.45, 7) is 0.588. The summed E-state index contributed by atoms with van der Waals surface area (Å²) in [5.74, 6) is 1.37. The molecule has 1 unspecified atom stereocenters. The van der Waals surface area contributed by atoms with Crippen molar-refractivity contribution in [2.45, 2.75) is 18.0 Å². The molecule has 27 heavy (non-hydrogen) atoms. The molecule has 0 saturated carbocycles. The van der Waals surface area contributed by atoms with E-state index in [1.165, 1.54) is 12.1 Å². The number of rotatable bonds is 4. The lowest BCUT2D eigenvalue weighted by molar-refractivity contribution is -0.137. The molecule has 0 aliphatic carbocycles. The minimum Gasteiger partial charge on any atom is -0.496 e. The molecule has 2 aromatic rings. The lowest BCUT2D eigenvalue weighted by atomic mass is 10.1. The Balaban J connectivity index is 1.77. The predicted octanol–water partition coefficient (Wildman–Crippen LogP) is 5.29. The van der Waals surface area contributed by atoms with Gasteiger partial charge in [-0.2, -0.15) is 13.2 Å². The van der Waals surface area contributed by atoms with Gasteiger partial charge in [-0.25, -0.2) is 0 Å². The molecule has 0 bridgehead atoms. The van der Waals surface area contributed by atoms with Crippen LogP contribution in [0.25, 0.3) is 0 Å². The summed E-state index contributed by atoms with van der Waals surface area (Å²) in [6, 6.07) is 10.4. The van der Waals surface area contributed by atoms with Gasteiger partial charge < -0.3 is 9.64 Å². The van der Waals surface area contributed by atoms with Crippen molar-refractivity contribution in [1.29, 1.82) is 0 Å². The maximum absolute atomic E-state index is 12.8. The zero-order chi connectivity index (χ0) is 19.6. The van der Waals surface area contributed by atoms with E-state index < -0.39 is 11.7 Å². The number of halogens is 4. The van der Waals surface area contributed by atoms with Gasteiger partial charge in [0.25, 0.3) is 0 Å². The largest absolute Gasteiger partial charge is 0.496 e. The molecule has 144 valence electrons. The second-order valence-electron chi connectivity index (χ2n) is 6.07. The van der Waals surface area contributed by atoms with Crippen LogP contribution in [0.5, 0.6) is 5.75 Å². The van der Waals surface area contributed by atoms with Crippen LogP contribution in [0.2, 0.25) is 0 Å². The third-order valence-electron chi connectivity index (χ3n) is 4.31. The molecule has 1 amide bonds. The van der Waals surface area contributed by atoms with Crippen LogP contribution >= 0.6 is 27.7 Å². The van der Waals surface area contributed by atoms with E-state index in [9.17, 15) is 18.0 Å². The van der Waals surface area contributed by atoms with Gasteiger partial charge in [0.05, 0.1) is 19.1 Å². The average Bonchev–Trinajstić information content (AvgIpc) is 3.11. The number of hydrogen-bond donors (Lipinski definition) is 0. The standard InChI is InChI=1S/C19H17BrF3NO2S/c1-26-16-7-6-14(20)11-15(16)18-24(8-9-27-18)17(25)10-12-2-4-13(5-3-12)19(21,22)23/h2-7,11,18H,8-10H2,1H3. The minimum absolute atomic E-state index is 0.0610. The van der Waals surface area contributed by atoms with Gasteiger partial charge in [-0.05, 0) is 35.9 Å². The van der Waals surface area contributed by atoms with Crippen molar-refractivity contribution >= 4 is 33.6 Å². The Bertz CT molecular complexity index is 827. The minimum atomic E-state index is -4.38. The molecule has 1 fully saturated rings. The number of ether oxygens (including phenoxy) is 1. The van der Waals surface area contributed by atoms with Crippen LogP contribution < -0.4 is 4.74 Å². The number of carbonyl (C=O) groups excluding carboxylic acids is 1. The normalized spacial score (nSPS) is 17.2. The van der Waals surface area contributed by atoms with E-state index in [1.54, 1.807) is 23.8 Å². The number of alkyl halides is 3. The first-order valence-corrected chi connectivity index (χ1v) is 10.0. The molecule has 3 rings (SSSR count). The Labute approximate surface area is 168 Å². The molecule has 8 heteroatoms. The van der Waals surface area contributed by atoms with Crippen molar-refractivity contribution in [3.05, 3.63) is 63.6 Å². The number of carbonyl (C=O) groups is 1. The molecule has 1 aliphatic rings. The smallest absolute Gasteiger partial charge is 0.416 e. The monoisotopic (exact) mass is 459 g/mol. The lowest BCUT2D eigenvalue weighted by Gasteiger charge is -2.26. The summed E-state index contributed by atoms with van der Waals surface area (Å²) in [7, 11) is 1.58. The van der Waals surface area contributed by atoms with Crippen LogP contribution in [0.15, 0.2) is 46.9 Å². The SMILES string of the molecule is COc1ccc(Br)cc1C1SCCN1C(=O)Cc1ccc(C(F)(F)F)cc1. The molecule has 1 atom stereocenters. The summed E-state index contributed by atoms with van der Waals surface area (Å²) in [4.78, 5) is 14.6. The summed E-state index contributed by atoms with van der Waals surface area (Å²) < 4.78 is 44.3. The zero-order valence-electron chi connectivity index (χ0n) is 14.4. The number of methoxy groups -OCH3 is 1. The fourth-order valence-electron chi connectivity index (χ4n) is 2.97. The topological polar surface area (TPSA) is 29.5 Å². The van der Waals surface area contributed by atoms with Crippen LogP contribution in [0.4, 0.5) is 13.2 Å². The Hall–Kier alpha value is -1.67. The Morgan fingerprint density at radius 3 is 2.59 bits per heavy atom. The number of amides is 1. The molecule has 1 heterocycles. The Kier molecular flexibility index (Phi) is 6.05. The van der Waals surface area contributed by atoms with Crippen molar-refractivity contribution in [1.82, 2.24) is 4.90 Å². The quantitative estimate of drug-likeness (QED) is 0.621. The van der Waals surface area contributed by atoms with Gasteiger partial charge in [0.1, 0.15) is 11.1 Å². The molecule has 3 nitrogen and oxygen atoms in total. The van der Waals surface area contributed by atoms with Gasteiger partial charge in [0.2, 0.25) is 5.91 Å². The highest BCUT2D eigenvalue weighted by Crippen LogP contribution is 2.43. The first-order valence-electron chi connectivity index (χ1n) is 8.20. The van der Waals surface area contributed by atoms with E-state index in [0.717, 1.165) is 27.9 Å². The van der Waals surface area contributed by atoms with Crippen molar-refractivity contribution in [2.24, 2.45) is 0 Å². The van der Waals surface area contributed by atoms with Gasteiger partial charge in [-0.1, -0.05) is 28.1 Å². The van der Waals surface area contributed by atoms with E-state index in [1.807, 2.05) is 18.2 Å². The second kappa shape index (κ2) is 8.14. The van der Waals surface area contributed by atoms with E-state index in [0.29, 0.717) is 17.9 Å². The highest BCUT2D eigenvalue weighted by Gasteiger charge is 2.33. The number of nitrogens with zero attached hydrogens (tertiary/aromatic N) is 1. The van der Waals surface area contributed by atoms with E-state index in [-0.39, 0.29) is 17.7 Å². The van der Waals surface area contributed by atoms with E-state index >= 15 is 0 Å². The summed E-state index contributed by atoms with van der Waals surface area (Å²) in [6.07, 6.45) is -4.32. The lowest BCUT2D eigenvalue weighted by Crippen LogP contribution is -2.31. The molecule has 0 N–H and O–H groups in total. The Morgan fingerprint density at radius 1 is 1.26 bits per heavy atom. The summed E-state index contributed by atoms with van der Waals surface area (Å²) in [5.41, 5.74) is 0.743. The number of hydrogen-bond acceptors (Lipinski definition) is 3. The molecule has 2 aromatic carbocycles. The first kappa shape index (κ1) is 20.1. The molecule has 0 aromatic heterocycles. The molecular formula is C19H17BrF3NO2S. The molecular weight excluding hydrogens is 443 g/mol. The summed E-state index contributed by atoms with van der Waals surface area (Å²) in [5, 5.41) is -0.181. The van der Waals surface area contributed by atoms with Gasteiger partial charge in [-0.15, -0.1) is 11.8 Å². The maximum atomic E-state index is 12.8. The van der Waals surface area contributed by atoms with Crippen molar-refractivity contribution < 1.29 is 22.7 Å². The molecule has 1 saturated heterocycles. The van der Waals surface area contributed by atoms with Gasteiger partial charge >= 0.3 is 6.18 Å². The Morgan fingerprint density at radius 2 is 1.96 bits per heavy atom. The fraction of sp³-hybridized carbons (Fsp3) is 0.316. The highest BCUT2D eigenvalue weighted by molar-refractivity contribution is 9.10. The van der Waals surface area contributed by atoms with Crippen molar-refractivity contribution in [3.63, 3.8) is 0 Å². The maximum Gasteiger partial charge on any atom is 0.416 e. The third-order valence-corrected chi connectivity index (χ3v) is 6.04. The predicted molar refractivity (Wildman–Crippen MR) is 103 cm³/mol. The zero-order valence-corrected chi connectivity index (χ0v) is 16.8. The van der Waals surface area contributed by atoms with Gasteiger partial charge in [-0.3, -0.25) is 4.79 Å². The van der Waals surface area contributed by atoms with Crippen LogP contribution in [0, 0.1) is 0 Å². The fourth-order valence-corrected chi connectivity index (χ4v) is 4.64. The van der Waals surface area contributed by atoms with Gasteiger partial charge in [0, 0.05) is 22.3 Å². The van der Waals surface area contributed by atoms with Crippen molar-refractivity contribution in [2.75, 3.05) is 19.4 Å². The van der Waals surface area contributed by atoms with E-state index in [4.69, 9.17) is 4.74 Å². The highest BCUT2D eigenvalue weighted by atomic mass is 79.9.